The largest absolute Gasteiger partial charge is 0.493 e. The lowest BCUT2D eigenvalue weighted by molar-refractivity contribution is 0.278. The van der Waals surface area contributed by atoms with Crippen LogP contribution >= 0.6 is 15.9 Å². The van der Waals surface area contributed by atoms with Gasteiger partial charge in [0.25, 0.3) is 0 Å². The predicted molar refractivity (Wildman–Crippen MR) is 75.8 cm³/mol. The molecule has 0 aromatic heterocycles. The van der Waals surface area contributed by atoms with Crippen LogP contribution in [0.15, 0.2) is 40.9 Å². The van der Waals surface area contributed by atoms with Gasteiger partial charge in [0.05, 0.1) is 11.6 Å². The Morgan fingerprint density at radius 2 is 1.95 bits per heavy atom. The van der Waals surface area contributed by atoms with Crippen LogP contribution in [0.4, 0.5) is 10.1 Å². The molecule has 0 saturated heterocycles. The Morgan fingerprint density at radius 3 is 2.63 bits per heavy atom. The van der Waals surface area contributed by atoms with Gasteiger partial charge in [-0.3, -0.25) is 0 Å². The zero-order valence-electron chi connectivity index (χ0n) is 10.3. The Morgan fingerprint density at radius 1 is 1.21 bits per heavy atom. The Hall–Kier alpha value is -1.75. The zero-order valence-corrected chi connectivity index (χ0v) is 11.9. The summed E-state index contributed by atoms with van der Waals surface area (Å²) in [6.07, 6.45) is 0. The Bertz CT molecular complexity index is 569. The Kier molecular flexibility index (Phi) is 4.27. The van der Waals surface area contributed by atoms with Crippen LogP contribution in [0.1, 0.15) is 5.56 Å². The summed E-state index contributed by atoms with van der Waals surface area (Å²) in [5, 5.41) is 0. The van der Waals surface area contributed by atoms with Crippen molar-refractivity contribution in [1.29, 1.82) is 0 Å². The molecule has 3 nitrogen and oxygen atoms in total. The smallest absolute Gasteiger partial charge is 0.175 e. The normalized spacial score (nSPS) is 10.3. The van der Waals surface area contributed by atoms with Crippen molar-refractivity contribution in [2.24, 2.45) is 0 Å². The minimum atomic E-state index is -0.383. The molecule has 0 atom stereocenters. The zero-order chi connectivity index (χ0) is 13.8. The van der Waals surface area contributed by atoms with E-state index in [9.17, 15) is 4.39 Å². The first-order chi connectivity index (χ1) is 9.13. The number of methoxy groups -OCH3 is 1. The maximum Gasteiger partial charge on any atom is 0.175 e. The quantitative estimate of drug-likeness (QED) is 0.870. The fraction of sp³-hybridized carbons (Fsp3) is 0.143. The van der Waals surface area contributed by atoms with Gasteiger partial charge in [-0.2, -0.15) is 0 Å². The molecule has 2 aromatic carbocycles. The molecule has 0 aliphatic rings. The van der Waals surface area contributed by atoms with Gasteiger partial charge in [-0.1, -0.05) is 12.1 Å². The number of nitrogen functional groups attached to an aromatic ring is 1. The molecule has 0 bridgehead atoms. The van der Waals surface area contributed by atoms with E-state index in [-0.39, 0.29) is 12.4 Å². The number of ether oxygens (including phenoxy) is 2. The molecule has 0 unspecified atom stereocenters. The molecule has 100 valence electrons. The van der Waals surface area contributed by atoms with Crippen LogP contribution < -0.4 is 15.2 Å². The van der Waals surface area contributed by atoms with Gasteiger partial charge in [-0.25, -0.2) is 4.39 Å². The highest BCUT2D eigenvalue weighted by Gasteiger charge is 2.12. The first-order valence-corrected chi connectivity index (χ1v) is 6.41. The lowest BCUT2D eigenvalue weighted by Gasteiger charge is -2.13. The monoisotopic (exact) mass is 325 g/mol. The fourth-order valence-corrected chi connectivity index (χ4v) is 2.12. The predicted octanol–water partition coefficient (Wildman–Crippen LogP) is 3.76. The number of hydrogen-bond donors (Lipinski definition) is 1. The highest BCUT2D eigenvalue weighted by Crippen LogP contribution is 2.35. The van der Waals surface area contributed by atoms with E-state index >= 15 is 0 Å². The average molecular weight is 326 g/mol. The number of anilines is 1. The minimum Gasteiger partial charge on any atom is -0.493 e. The third-order valence-electron chi connectivity index (χ3n) is 2.67. The number of para-hydroxylation sites is 1. The molecule has 2 rings (SSSR count). The number of hydrogen-bond acceptors (Lipinski definition) is 3. The third kappa shape index (κ3) is 2.98. The SMILES string of the molecule is COc1cccc(Br)c1OCc1c(N)cccc1F. The highest BCUT2D eigenvalue weighted by atomic mass is 79.9. The van der Waals surface area contributed by atoms with Crippen molar-refractivity contribution < 1.29 is 13.9 Å². The van der Waals surface area contributed by atoms with Crippen molar-refractivity contribution in [1.82, 2.24) is 0 Å². The molecule has 0 aliphatic heterocycles. The summed E-state index contributed by atoms with van der Waals surface area (Å²) >= 11 is 3.37. The summed E-state index contributed by atoms with van der Waals surface area (Å²) < 4.78 is 25.2. The van der Waals surface area contributed by atoms with Crippen molar-refractivity contribution in [3.63, 3.8) is 0 Å². The summed E-state index contributed by atoms with van der Waals surface area (Å²) in [6.45, 7) is 0.0392. The highest BCUT2D eigenvalue weighted by molar-refractivity contribution is 9.10. The lowest BCUT2D eigenvalue weighted by atomic mass is 10.2. The van der Waals surface area contributed by atoms with E-state index in [0.29, 0.717) is 22.7 Å². The maximum atomic E-state index is 13.6. The van der Waals surface area contributed by atoms with E-state index in [1.54, 1.807) is 25.3 Å². The van der Waals surface area contributed by atoms with Crippen molar-refractivity contribution in [2.45, 2.75) is 6.61 Å². The molecule has 5 heteroatoms. The van der Waals surface area contributed by atoms with Gasteiger partial charge in [-0.15, -0.1) is 0 Å². The average Bonchev–Trinajstić information content (AvgIpc) is 2.39. The topological polar surface area (TPSA) is 44.5 Å². The molecule has 2 N–H and O–H groups in total. The van der Waals surface area contributed by atoms with Crippen LogP contribution in [0.25, 0.3) is 0 Å². The summed E-state index contributed by atoms with van der Waals surface area (Å²) in [6, 6.07) is 9.97. The minimum absolute atomic E-state index is 0.0392. The third-order valence-corrected chi connectivity index (χ3v) is 3.29. The van der Waals surface area contributed by atoms with E-state index in [0.717, 1.165) is 4.47 Å². The summed E-state index contributed by atoms with van der Waals surface area (Å²) in [5.41, 5.74) is 6.43. The van der Waals surface area contributed by atoms with Crippen LogP contribution in [0, 0.1) is 5.82 Å². The first kappa shape index (κ1) is 13.7. The molecule has 0 heterocycles. The summed E-state index contributed by atoms with van der Waals surface area (Å²) in [7, 11) is 1.55. The Labute approximate surface area is 119 Å². The number of benzene rings is 2. The Balaban J connectivity index is 2.24. The van der Waals surface area contributed by atoms with Gasteiger partial charge < -0.3 is 15.2 Å². The van der Waals surface area contributed by atoms with Gasteiger partial charge in [0, 0.05) is 11.3 Å². The molecular formula is C14H13BrFNO2. The molecule has 0 spiro atoms. The molecule has 19 heavy (non-hydrogen) atoms. The number of rotatable bonds is 4. The molecule has 0 saturated carbocycles. The second-order valence-corrected chi connectivity index (χ2v) is 4.72. The molecule has 0 radical (unpaired) electrons. The van der Waals surface area contributed by atoms with Crippen molar-refractivity contribution in [2.75, 3.05) is 12.8 Å². The van der Waals surface area contributed by atoms with Gasteiger partial charge in [0.15, 0.2) is 11.5 Å². The second-order valence-electron chi connectivity index (χ2n) is 3.87. The molecule has 2 aromatic rings. The molecule has 0 fully saturated rings. The summed E-state index contributed by atoms with van der Waals surface area (Å²) in [4.78, 5) is 0. The lowest BCUT2D eigenvalue weighted by Crippen LogP contribution is -2.04. The van der Waals surface area contributed by atoms with Gasteiger partial charge in [0.2, 0.25) is 0 Å². The van der Waals surface area contributed by atoms with Gasteiger partial charge in [-0.05, 0) is 40.2 Å². The molecular weight excluding hydrogens is 313 g/mol. The number of halogens is 2. The van der Waals surface area contributed by atoms with E-state index in [4.69, 9.17) is 15.2 Å². The molecule has 0 aliphatic carbocycles. The van der Waals surface area contributed by atoms with Crippen LogP contribution in [0.5, 0.6) is 11.5 Å². The van der Waals surface area contributed by atoms with Gasteiger partial charge in [0.1, 0.15) is 12.4 Å². The van der Waals surface area contributed by atoms with Crippen LogP contribution in [-0.2, 0) is 6.61 Å². The summed E-state index contributed by atoms with van der Waals surface area (Å²) in [5.74, 6) is 0.711. The van der Waals surface area contributed by atoms with Crippen LogP contribution in [-0.4, -0.2) is 7.11 Å². The van der Waals surface area contributed by atoms with Crippen molar-refractivity contribution in [3.05, 3.63) is 52.3 Å². The van der Waals surface area contributed by atoms with E-state index in [1.807, 2.05) is 12.1 Å². The van der Waals surface area contributed by atoms with Gasteiger partial charge >= 0.3 is 0 Å². The molecule has 0 amide bonds. The van der Waals surface area contributed by atoms with E-state index < -0.39 is 0 Å². The van der Waals surface area contributed by atoms with Crippen molar-refractivity contribution >= 4 is 21.6 Å². The first-order valence-electron chi connectivity index (χ1n) is 5.61. The van der Waals surface area contributed by atoms with Crippen molar-refractivity contribution in [3.8, 4) is 11.5 Å². The fourth-order valence-electron chi connectivity index (χ4n) is 1.66. The number of nitrogens with two attached hydrogens (primary N) is 1. The van der Waals surface area contributed by atoms with Crippen LogP contribution in [0.3, 0.4) is 0 Å². The maximum absolute atomic E-state index is 13.6. The second kappa shape index (κ2) is 5.93. The van der Waals surface area contributed by atoms with E-state index in [1.165, 1.54) is 6.07 Å². The standard InChI is InChI=1S/C14H13BrFNO2/c1-18-13-7-2-4-10(15)14(13)19-8-9-11(16)5-3-6-12(9)17/h2-7H,8,17H2,1H3. The van der Waals surface area contributed by atoms with Crippen LogP contribution in [0.2, 0.25) is 0 Å². The van der Waals surface area contributed by atoms with E-state index in [2.05, 4.69) is 15.9 Å².